The number of aliphatic hydroxyl groups excluding tert-OH is 2. The van der Waals surface area contributed by atoms with Gasteiger partial charge in [-0.2, -0.15) is 0 Å². The Morgan fingerprint density at radius 1 is 1.08 bits per heavy atom. The molecule has 0 rings (SSSR count). The quantitative estimate of drug-likeness (QED) is 0.489. The van der Waals surface area contributed by atoms with Gasteiger partial charge in [-0.05, 0) is 13.8 Å². The van der Waals surface area contributed by atoms with Crippen LogP contribution < -0.4 is 0 Å². The summed E-state index contributed by atoms with van der Waals surface area (Å²) in [5.74, 6) is 0. The highest BCUT2D eigenvalue weighted by molar-refractivity contribution is 4.90. The lowest BCUT2D eigenvalue weighted by Gasteiger charge is -2.16. The van der Waals surface area contributed by atoms with E-state index in [-0.39, 0.29) is 0 Å². The molecule has 0 aliphatic heterocycles. The molecule has 0 bridgehead atoms. The second kappa shape index (κ2) is 5.91. The molecule has 0 aromatic carbocycles. The molecule has 0 spiro atoms. The first-order chi connectivity index (χ1) is 5.91. The first kappa shape index (κ1) is 12.4. The predicted molar refractivity (Wildman–Crippen MR) is 52.0 cm³/mol. The fourth-order valence-corrected chi connectivity index (χ4v) is 0.874. The maximum atomic E-state index is 9.23. The van der Waals surface area contributed by atoms with Crippen LogP contribution in [0, 0.1) is 0 Å². The van der Waals surface area contributed by atoms with Gasteiger partial charge in [-0.25, -0.2) is 0 Å². The third-order valence-electron chi connectivity index (χ3n) is 1.36. The molecule has 76 valence electrons. The molecule has 13 heavy (non-hydrogen) atoms. The van der Waals surface area contributed by atoms with Crippen LogP contribution in [-0.4, -0.2) is 22.8 Å². The number of ether oxygens (including phenoxy) is 1. The highest BCUT2D eigenvalue weighted by Gasteiger charge is 2.11. The van der Waals surface area contributed by atoms with Gasteiger partial charge in [-0.15, -0.1) is 0 Å². The molecule has 0 saturated carbocycles. The molecule has 0 fully saturated rings. The van der Waals surface area contributed by atoms with Gasteiger partial charge in [0.05, 0.1) is 0 Å². The molecule has 0 aromatic rings. The minimum absolute atomic E-state index is 0.341. The minimum atomic E-state index is -0.980. The van der Waals surface area contributed by atoms with Gasteiger partial charge in [0.2, 0.25) is 0 Å². The third kappa shape index (κ3) is 7.71. The Kier molecular flexibility index (Phi) is 5.62. The van der Waals surface area contributed by atoms with Crippen molar-refractivity contribution in [3.63, 3.8) is 0 Å². The van der Waals surface area contributed by atoms with Crippen molar-refractivity contribution in [2.45, 2.75) is 39.3 Å². The molecule has 3 heteroatoms. The maximum absolute atomic E-state index is 9.23. The predicted octanol–water partition coefficient (Wildman–Crippen LogP) is 1.57. The SMILES string of the molecule is C=C(C)CC(O)OC(O)CC(=C)C. The van der Waals surface area contributed by atoms with Crippen LogP contribution in [0.3, 0.4) is 0 Å². The average molecular weight is 186 g/mol. The topological polar surface area (TPSA) is 49.7 Å². The second-order valence-electron chi connectivity index (χ2n) is 3.37. The molecule has 2 atom stereocenters. The van der Waals surface area contributed by atoms with Crippen molar-refractivity contribution in [2.75, 3.05) is 0 Å². The Morgan fingerprint density at radius 2 is 1.38 bits per heavy atom. The van der Waals surface area contributed by atoms with Crippen molar-refractivity contribution >= 4 is 0 Å². The molecule has 0 amide bonds. The Morgan fingerprint density at radius 3 is 1.62 bits per heavy atom. The van der Waals surface area contributed by atoms with Gasteiger partial charge in [0, 0.05) is 12.8 Å². The standard InChI is InChI=1S/C10H18O3/c1-7(2)5-9(11)13-10(12)6-8(3)4/h9-12H,1,3,5-6H2,2,4H3. The fraction of sp³-hybridized carbons (Fsp3) is 0.600. The summed E-state index contributed by atoms with van der Waals surface area (Å²) in [5.41, 5.74) is 1.63. The zero-order valence-electron chi connectivity index (χ0n) is 8.29. The normalized spacial score (nSPS) is 15.1. The average Bonchev–Trinajstić information content (AvgIpc) is 1.80. The summed E-state index contributed by atoms with van der Waals surface area (Å²) in [5, 5.41) is 18.5. The summed E-state index contributed by atoms with van der Waals surface area (Å²) in [7, 11) is 0. The second-order valence-corrected chi connectivity index (χ2v) is 3.37. The molecule has 0 saturated heterocycles. The number of rotatable bonds is 6. The summed E-state index contributed by atoms with van der Waals surface area (Å²) in [6.07, 6.45) is -1.28. The van der Waals surface area contributed by atoms with Crippen molar-refractivity contribution in [1.82, 2.24) is 0 Å². The van der Waals surface area contributed by atoms with E-state index >= 15 is 0 Å². The van der Waals surface area contributed by atoms with Crippen LogP contribution in [0.25, 0.3) is 0 Å². The van der Waals surface area contributed by atoms with Crippen LogP contribution in [0.1, 0.15) is 26.7 Å². The summed E-state index contributed by atoms with van der Waals surface area (Å²) >= 11 is 0. The van der Waals surface area contributed by atoms with Crippen molar-refractivity contribution in [3.8, 4) is 0 Å². The molecule has 0 heterocycles. The largest absolute Gasteiger partial charge is 0.368 e. The zero-order valence-corrected chi connectivity index (χ0v) is 8.29. The highest BCUT2D eigenvalue weighted by atomic mass is 16.7. The van der Waals surface area contributed by atoms with E-state index in [1.807, 2.05) is 0 Å². The third-order valence-corrected chi connectivity index (χ3v) is 1.36. The first-order valence-electron chi connectivity index (χ1n) is 4.22. The molecule has 0 radical (unpaired) electrons. The number of hydrogen-bond donors (Lipinski definition) is 2. The van der Waals surface area contributed by atoms with E-state index in [9.17, 15) is 10.2 Å². The van der Waals surface area contributed by atoms with Crippen LogP contribution in [-0.2, 0) is 4.74 Å². The molecular formula is C10H18O3. The van der Waals surface area contributed by atoms with E-state index in [4.69, 9.17) is 4.74 Å². The zero-order chi connectivity index (χ0) is 10.4. The van der Waals surface area contributed by atoms with E-state index < -0.39 is 12.6 Å². The first-order valence-corrected chi connectivity index (χ1v) is 4.22. The van der Waals surface area contributed by atoms with Crippen LogP contribution in [0.15, 0.2) is 24.3 Å². The molecule has 0 aliphatic carbocycles. The Hall–Kier alpha value is -0.640. The summed E-state index contributed by atoms with van der Waals surface area (Å²) in [4.78, 5) is 0. The monoisotopic (exact) mass is 186 g/mol. The van der Waals surface area contributed by atoms with Crippen molar-refractivity contribution < 1.29 is 14.9 Å². The molecule has 2 unspecified atom stereocenters. The lowest BCUT2D eigenvalue weighted by atomic mass is 10.2. The highest BCUT2D eigenvalue weighted by Crippen LogP contribution is 2.09. The van der Waals surface area contributed by atoms with Gasteiger partial charge in [0.25, 0.3) is 0 Å². The van der Waals surface area contributed by atoms with Crippen LogP contribution in [0.2, 0.25) is 0 Å². The Bertz CT molecular complexity index is 167. The Labute approximate surface area is 79.3 Å². The van der Waals surface area contributed by atoms with Gasteiger partial charge in [0.15, 0.2) is 12.6 Å². The number of hydrogen-bond acceptors (Lipinski definition) is 3. The van der Waals surface area contributed by atoms with E-state index in [1.54, 1.807) is 13.8 Å². The summed E-state index contributed by atoms with van der Waals surface area (Å²) < 4.78 is 4.86. The van der Waals surface area contributed by atoms with Gasteiger partial charge in [-0.3, -0.25) is 0 Å². The molecular weight excluding hydrogens is 168 g/mol. The van der Waals surface area contributed by atoms with Crippen molar-refractivity contribution in [3.05, 3.63) is 24.3 Å². The van der Waals surface area contributed by atoms with Crippen LogP contribution in [0.4, 0.5) is 0 Å². The lowest BCUT2D eigenvalue weighted by molar-refractivity contribution is -0.205. The van der Waals surface area contributed by atoms with E-state index in [0.29, 0.717) is 12.8 Å². The number of aliphatic hydroxyl groups is 2. The van der Waals surface area contributed by atoms with Crippen molar-refractivity contribution in [1.29, 1.82) is 0 Å². The van der Waals surface area contributed by atoms with E-state index in [1.165, 1.54) is 0 Å². The van der Waals surface area contributed by atoms with Gasteiger partial charge >= 0.3 is 0 Å². The molecule has 0 aliphatic rings. The minimum Gasteiger partial charge on any atom is -0.368 e. The lowest BCUT2D eigenvalue weighted by Crippen LogP contribution is -2.21. The molecule has 3 nitrogen and oxygen atoms in total. The van der Waals surface area contributed by atoms with Crippen molar-refractivity contribution in [2.24, 2.45) is 0 Å². The maximum Gasteiger partial charge on any atom is 0.161 e. The molecule has 2 N–H and O–H groups in total. The smallest absolute Gasteiger partial charge is 0.161 e. The van der Waals surface area contributed by atoms with E-state index in [2.05, 4.69) is 13.2 Å². The fourth-order valence-electron chi connectivity index (χ4n) is 0.874. The van der Waals surface area contributed by atoms with Gasteiger partial charge < -0.3 is 14.9 Å². The Balaban J connectivity index is 3.70. The summed E-state index contributed by atoms with van der Waals surface area (Å²) in [6.45, 7) is 10.8. The molecule has 0 aromatic heterocycles. The van der Waals surface area contributed by atoms with Crippen LogP contribution in [0.5, 0.6) is 0 Å². The van der Waals surface area contributed by atoms with Gasteiger partial charge in [-0.1, -0.05) is 24.3 Å². The van der Waals surface area contributed by atoms with Crippen LogP contribution >= 0.6 is 0 Å². The van der Waals surface area contributed by atoms with E-state index in [0.717, 1.165) is 11.1 Å². The summed E-state index contributed by atoms with van der Waals surface area (Å²) in [6, 6.07) is 0. The van der Waals surface area contributed by atoms with Gasteiger partial charge in [0.1, 0.15) is 0 Å².